The number of aryl methyl sites for hydroxylation is 2. The van der Waals surface area contributed by atoms with Gasteiger partial charge in [0.15, 0.2) is 0 Å². The van der Waals surface area contributed by atoms with Crippen LogP contribution in [0.5, 0.6) is 0 Å². The van der Waals surface area contributed by atoms with Gasteiger partial charge in [0, 0.05) is 12.6 Å². The standard InChI is InChI=1S/C28H27ClN4O5/c1-16-3-7-18(8-4-16)26(34)36-15-23-22(38-27(35)19-9-5-17(2)6-10-19)13-20(37-23)14-33-12-11-21-24(29)31-28(30)32-25(21)33/h3-12,20,22-23H,13-15H2,1-2H3,(H2,30,31,32)/t20-,22+,23-/m1/s1. The summed E-state index contributed by atoms with van der Waals surface area (Å²) in [4.78, 5) is 33.8. The van der Waals surface area contributed by atoms with E-state index in [1.165, 1.54) is 0 Å². The number of aromatic nitrogens is 3. The Balaban J connectivity index is 1.32. The molecular weight excluding hydrogens is 508 g/mol. The lowest BCUT2D eigenvalue weighted by molar-refractivity contribution is -0.0443. The maximum atomic E-state index is 12.9. The van der Waals surface area contributed by atoms with Gasteiger partial charge in [-0.2, -0.15) is 4.98 Å². The molecule has 0 spiro atoms. The highest BCUT2D eigenvalue weighted by molar-refractivity contribution is 6.34. The Kier molecular flexibility index (Phi) is 7.31. The van der Waals surface area contributed by atoms with Crippen LogP contribution in [-0.2, 0) is 20.8 Å². The third-order valence-electron chi connectivity index (χ3n) is 6.48. The molecule has 2 N–H and O–H groups in total. The predicted molar refractivity (Wildman–Crippen MR) is 142 cm³/mol. The predicted octanol–water partition coefficient (Wildman–Crippen LogP) is 4.52. The molecule has 2 aromatic carbocycles. The Hall–Kier alpha value is -3.95. The third kappa shape index (κ3) is 5.64. The molecule has 2 aromatic heterocycles. The average Bonchev–Trinajstić information content (AvgIpc) is 3.47. The Morgan fingerprint density at radius 3 is 2.29 bits per heavy atom. The van der Waals surface area contributed by atoms with Crippen LogP contribution in [0.1, 0.15) is 38.3 Å². The molecule has 4 aromatic rings. The number of ether oxygens (including phenoxy) is 3. The molecule has 0 radical (unpaired) electrons. The summed E-state index contributed by atoms with van der Waals surface area (Å²) in [7, 11) is 0. The van der Waals surface area contributed by atoms with Crippen LogP contribution >= 0.6 is 11.6 Å². The molecule has 1 aliphatic rings. The summed E-state index contributed by atoms with van der Waals surface area (Å²) in [6.45, 7) is 4.22. The van der Waals surface area contributed by atoms with E-state index in [4.69, 9.17) is 31.5 Å². The van der Waals surface area contributed by atoms with Crippen LogP contribution in [0.2, 0.25) is 5.15 Å². The smallest absolute Gasteiger partial charge is 0.338 e. The molecule has 0 bridgehead atoms. The minimum absolute atomic E-state index is 0.0670. The van der Waals surface area contributed by atoms with Gasteiger partial charge in [-0.05, 0) is 44.2 Å². The second kappa shape index (κ2) is 10.8. The summed E-state index contributed by atoms with van der Waals surface area (Å²) >= 11 is 6.21. The Morgan fingerprint density at radius 2 is 1.63 bits per heavy atom. The van der Waals surface area contributed by atoms with Crippen molar-refractivity contribution in [2.24, 2.45) is 0 Å². The van der Waals surface area contributed by atoms with Gasteiger partial charge in [0.05, 0.1) is 29.2 Å². The van der Waals surface area contributed by atoms with E-state index in [2.05, 4.69) is 9.97 Å². The summed E-state index contributed by atoms with van der Waals surface area (Å²) in [6.07, 6.45) is 0.614. The molecule has 3 atom stereocenters. The minimum atomic E-state index is -0.645. The van der Waals surface area contributed by atoms with E-state index in [0.717, 1.165) is 11.1 Å². The molecule has 38 heavy (non-hydrogen) atoms. The number of nitrogens with zero attached hydrogens (tertiary/aromatic N) is 3. The normalized spacial score (nSPS) is 19.0. The van der Waals surface area contributed by atoms with Gasteiger partial charge in [-0.1, -0.05) is 47.0 Å². The lowest BCUT2D eigenvalue weighted by Gasteiger charge is -2.19. The van der Waals surface area contributed by atoms with Crippen LogP contribution in [0.3, 0.4) is 0 Å². The van der Waals surface area contributed by atoms with Gasteiger partial charge in [0.1, 0.15) is 29.6 Å². The highest BCUT2D eigenvalue weighted by Crippen LogP contribution is 2.29. The number of hydrogen-bond acceptors (Lipinski definition) is 8. The topological polar surface area (TPSA) is 119 Å². The zero-order valence-corrected chi connectivity index (χ0v) is 21.7. The van der Waals surface area contributed by atoms with Gasteiger partial charge in [0.25, 0.3) is 0 Å². The Morgan fingerprint density at radius 1 is 1.00 bits per heavy atom. The van der Waals surface area contributed by atoms with Crippen LogP contribution in [0.4, 0.5) is 5.95 Å². The number of hydrogen-bond donors (Lipinski definition) is 1. The lowest BCUT2D eigenvalue weighted by atomic mass is 10.1. The number of nitrogens with two attached hydrogens (primary N) is 1. The fourth-order valence-corrected chi connectivity index (χ4v) is 4.66. The molecule has 0 unspecified atom stereocenters. The van der Waals surface area contributed by atoms with Crippen molar-refractivity contribution in [3.05, 3.63) is 88.2 Å². The SMILES string of the molecule is Cc1ccc(C(=O)OC[C@H]2O[C@@H](Cn3ccc4c(Cl)nc(N)nc43)C[C@@H]2OC(=O)c2ccc(C)cc2)cc1. The number of esters is 2. The first kappa shape index (κ1) is 25.7. The fraction of sp³-hybridized carbons (Fsp3) is 0.286. The van der Waals surface area contributed by atoms with Crippen molar-refractivity contribution in [1.29, 1.82) is 0 Å². The maximum absolute atomic E-state index is 12.9. The molecular formula is C28H27ClN4O5. The van der Waals surface area contributed by atoms with Gasteiger partial charge < -0.3 is 24.5 Å². The monoisotopic (exact) mass is 534 g/mol. The highest BCUT2D eigenvalue weighted by Gasteiger charge is 2.39. The molecule has 0 aliphatic carbocycles. The molecule has 1 fully saturated rings. The summed E-state index contributed by atoms with van der Waals surface area (Å²) in [5.74, 6) is -0.868. The van der Waals surface area contributed by atoms with E-state index in [0.29, 0.717) is 35.1 Å². The van der Waals surface area contributed by atoms with Crippen LogP contribution in [0.15, 0.2) is 60.8 Å². The molecule has 5 rings (SSSR count). The van der Waals surface area contributed by atoms with Crippen molar-refractivity contribution in [3.8, 4) is 0 Å². The van der Waals surface area contributed by atoms with Crippen molar-refractivity contribution in [2.45, 2.75) is 45.1 Å². The second-order valence-corrected chi connectivity index (χ2v) is 9.74. The molecule has 0 saturated carbocycles. The number of carbonyl (C=O) groups is 2. The van der Waals surface area contributed by atoms with E-state index < -0.39 is 24.1 Å². The van der Waals surface area contributed by atoms with Crippen molar-refractivity contribution < 1.29 is 23.8 Å². The largest absolute Gasteiger partial charge is 0.459 e. The summed E-state index contributed by atoms with van der Waals surface area (Å²) in [6, 6.07) is 16.0. The Bertz CT molecular complexity index is 1470. The molecule has 196 valence electrons. The number of nitrogen functional groups attached to an aromatic ring is 1. The number of halogens is 1. The minimum Gasteiger partial charge on any atom is -0.459 e. The van der Waals surface area contributed by atoms with Gasteiger partial charge in [-0.3, -0.25) is 0 Å². The second-order valence-electron chi connectivity index (χ2n) is 9.38. The Labute approximate surface area is 224 Å². The van der Waals surface area contributed by atoms with Crippen LogP contribution in [-0.4, -0.2) is 51.4 Å². The average molecular weight is 535 g/mol. The van der Waals surface area contributed by atoms with E-state index >= 15 is 0 Å². The van der Waals surface area contributed by atoms with E-state index in [1.54, 1.807) is 24.3 Å². The first-order valence-electron chi connectivity index (χ1n) is 12.2. The van der Waals surface area contributed by atoms with Gasteiger partial charge >= 0.3 is 11.9 Å². The first-order valence-corrected chi connectivity index (χ1v) is 12.6. The van der Waals surface area contributed by atoms with E-state index in [1.807, 2.05) is 54.9 Å². The number of benzene rings is 2. The van der Waals surface area contributed by atoms with Gasteiger partial charge in [-0.15, -0.1) is 0 Å². The van der Waals surface area contributed by atoms with E-state index in [-0.39, 0.29) is 23.8 Å². The van der Waals surface area contributed by atoms with Crippen molar-refractivity contribution in [3.63, 3.8) is 0 Å². The molecule has 0 amide bonds. The van der Waals surface area contributed by atoms with Crippen LogP contribution < -0.4 is 5.73 Å². The zero-order valence-electron chi connectivity index (χ0n) is 21.0. The quantitative estimate of drug-likeness (QED) is 0.271. The van der Waals surface area contributed by atoms with Crippen molar-refractivity contribution >= 4 is 40.5 Å². The van der Waals surface area contributed by atoms with Gasteiger partial charge in [-0.25, -0.2) is 14.6 Å². The number of carbonyl (C=O) groups excluding carboxylic acids is 2. The summed E-state index contributed by atoms with van der Waals surface area (Å²) in [5.41, 5.74) is 9.32. The summed E-state index contributed by atoms with van der Waals surface area (Å²) in [5, 5.41) is 0.939. The van der Waals surface area contributed by atoms with Crippen molar-refractivity contribution in [2.75, 3.05) is 12.3 Å². The molecule has 10 heteroatoms. The summed E-state index contributed by atoms with van der Waals surface area (Å²) < 4.78 is 19.5. The number of fused-ring (bicyclic) bond motifs is 1. The highest BCUT2D eigenvalue weighted by atomic mass is 35.5. The first-order chi connectivity index (χ1) is 18.3. The van der Waals surface area contributed by atoms with Crippen molar-refractivity contribution in [1.82, 2.24) is 14.5 Å². The maximum Gasteiger partial charge on any atom is 0.338 e. The number of rotatable bonds is 7. The molecule has 1 saturated heterocycles. The van der Waals surface area contributed by atoms with Crippen LogP contribution in [0, 0.1) is 13.8 Å². The van der Waals surface area contributed by atoms with E-state index in [9.17, 15) is 9.59 Å². The van der Waals surface area contributed by atoms with Crippen LogP contribution in [0.25, 0.3) is 11.0 Å². The number of anilines is 1. The van der Waals surface area contributed by atoms with Gasteiger partial charge in [0.2, 0.25) is 5.95 Å². The molecule has 3 heterocycles. The molecule has 9 nitrogen and oxygen atoms in total. The lowest BCUT2D eigenvalue weighted by Crippen LogP contribution is -2.32. The fourth-order valence-electron chi connectivity index (χ4n) is 4.43. The molecule has 1 aliphatic heterocycles. The zero-order chi connectivity index (χ0) is 26.8. The third-order valence-corrected chi connectivity index (χ3v) is 6.77.